The maximum absolute atomic E-state index is 11.5. The Morgan fingerprint density at radius 3 is 3.18 bits per heavy atom. The number of H-pyrrole nitrogens is 1. The van der Waals surface area contributed by atoms with E-state index in [1.54, 1.807) is 6.08 Å². The van der Waals surface area contributed by atoms with Crippen molar-refractivity contribution in [3.63, 3.8) is 0 Å². The summed E-state index contributed by atoms with van der Waals surface area (Å²) < 4.78 is 0. The standard InChI is InChI=1S/C13H15N3O/c1-3-6-14-13(17)8-10-4-5-11-12(7-10)16-9(2)15-11/h3-5,7H,1,6,8H2,2H3,(H,14,17)(H,15,16). The highest BCUT2D eigenvalue weighted by atomic mass is 16.1. The third-order valence-corrected chi connectivity index (χ3v) is 2.47. The lowest BCUT2D eigenvalue weighted by Gasteiger charge is -2.02. The maximum Gasteiger partial charge on any atom is 0.224 e. The molecule has 0 aliphatic carbocycles. The molecule has 1 amide bonds. The number of nitrogens with zero attached hydrogens (tertiary/aromatic N) is 1. The summed E-state index contributed by atoms with van der Waals surface area (Å²) in [5.74, 6) is 0.883. The number of carbonyl (C=O) groups excluding carboxylic acids is 1. The first kappa shape index (κ1) is 11.4. The van der Waals surface area contributed by atoms with E-state index in [9.17, 15) is 4.79 Å². The van der Waals surface area contributed by atoms with Gasteiger partial charge in [-0.05, 0) is 24.6 Å². The second-order valence-corrected chi connectivity index (χ2v) is 3.94. The fourth-order valence-electron chi connectivity index (χ4n) is 1.73. The van der Waals surface area contributed by atoms with Crippen LogP contribution < -0.4 is 5.32 Å². The molecule has 0 bridgehead atoms. The highest BCUT2D eigenvalue weighted by Gasteiger charge is 2.04. The SMILES string of the molecule is C=CCNC(=O)Cc1ccc2nc(C)[nH]c2c1. The predicted octanol–water partition coefficient (Wildman–Crippen LogP) is 1.72. The number of aryl methyl sites for hydroxylation is 1. The number of hydrogen-bond acceptors (Lipinski definition) is 2. The van der Waals surface area contributed by atoms with Crippen molar-refractivity contribution in [2.75, 3.05) is 6.54 Å². The van der Waals surface area contributed by atoms with E-state index in [4.69, 9.17) is 0 Å². The second kappa shape index (κ2) is 4.82. The summed E-state index contributed by atoms with van der Waals surface area (Å²) in [6.07, 6.45) is 2.04. The minimum absolute atomic E-state index is 0.000451. The first-order valence-electron chi connectivity index (χ1n) is 5.52. The lowest BCUT2D eigenvalue weighted by Crippen LogP contribution is -2.24. The zero-order chi connectivity index (χ0) is 12.3. The second-order valence-electron chi connectivity index (χ2n) is 3.94. The van der Waals surface area contributed by atoms with Crippen LogP contribution in [0.2, 0.25) is 0 Å². The number of benzene rings is 1. The molecule has 0 saturated heterocycles. The van der Waals surface area contributed by atoms with Crippen molar-refractivity contribution < 1.29 is 4.79 Å². The fourth-order valence-corrected chi connectivity index (χ4v) is 1.73. The molecule has 88 valence electrons. The van der Waals surface area contributed by atoms with Crippen LogP contribution in [0.25, 0.3) is 11.0 Å². The van der Waals surface area contributed by atoms with Crippen LogP contribution in [0.15, 0.2) is 30.9 Å². The average molecular weight is 229 g/mol. The van der Waals surface area contributed by atoms with E-state index in [1.807, 2.05) is 25.1 Å². The molecule has 1 heterocycles. The molecule has 0 radical (unpaired) electrons. The third-order valence-electron chi connectivity index (χ3n) is 2.47. The molecule has 0 aliphatic rings. The van der Waals surface area contributed by atoms with Gasteiger partial charge in [-0.15, -0.1) is 6.58 Å². The number of amides is 1. The Hall–Kier alpha value is -2.10. The molecule has 1 aromatic carbocycles. The molecule has 0 saturated carbocycles. The van der Waals surface area contributed by atoms with Crippen molar-refractivity contribution in [3.8, 4) is 0 Å². The van der Waals surface area contributed by atoms with Crippen LogP contribution in [-0.2, 0) is 11.2 Å². The number of fused-ring (bicyclic) bond motifs is 1. The monoisotopic (exact) mass is 229 g/mol. The lowest BCUT2D eigenvalue weighted by atomic mass is 10.1. The summed E-state index contributed by atoms with van der Waals surface area (Å²) in [7, 11) is 0. The van der Waals surface area contributed by atoms with Gasteiger partial charge in [0.25, 0.3) is 0 Å². The molecule has 2 rings (SSSR count). The van der Waals surface area contributed by atoms with Crippen molar-refractivity contribution in [2.24, 2.45) is 0 Å². The highest BCUT2D eigenvalue weighted by molar-refractivity contribution is 5.81. The quantitative estimate of drug-likeness (QED) is 0.784. The Labute approximate surface area is 99.8 Å². The predicted molar refractivity (Wildman–Crippen MR) is 67.7 cm³/mol. The van der Waals surface area contributed by atoms with Gasteiger partial charge in [-0.3, -0.25) is 4.79 Å². The van der Waals surface area contributed by atoms with E-state index in [0.717, 1.165) is 22.4 Å². The molecular formula is C13H15N3O. The normalized spacial score (nSPS) is 10.4. The number of aromatic amines is 1. The fraction of sp³-hybridized carbons (Fsp3) is 0.231. The van der Waals surface area contributed by atoms with Gasteiger partial charge in [-0.2, -0.15) is 0 Å². The molecule has 0 unspecified atom stereocenters. The molecule has 0 spiro atoms. The topological polar surface area (TPSA) is 57.8 Å². The minimum Gasteiger partial charge on any atom is -0.352 e. The maximum atomic E-state index is 11.5. The zero-order valence-corrected chi connectivity index (χ0v) is 9.79. The van der Waals surface area contributed by atoms with Crippen LogP contribution in [0, 0.1) is 6.92 Å². The zero-order valence-electron chi connectivity index (χ0n) is 9.79. The van der Waals surface area contributed by atoms with Crippen molar-refractivity contribution in [3.05, 3.63) is 42.2 Å². The first-order valence-corrected chi connectivity index (χ1v) is 5.52. The van der Waals surface area contributed by atoms with Gasteiger partial charge in [0.1, 0.15) is 5.82 Å². The van der Waals surface area contributed by atoms with Crippen LogP contribution in [0.3, 0.4) is 0 Å². The number of aromatic nitrogens is 2. The Morgan fingerprint density at radius 2 is 2.41 bits per heavy atom. The summed E-state index contributed by atoms with van der Waals surface area (Å²) >= 11 is 0. The van der Waals surface area contributed by atoms with E-state index in [-0.39, 0.29) is 5.91 Å². The third kappa shape index (κ3) is 2.72. The van der Waals surface area contributed by atoms with Gasteiger partial charge in [0.2, 0.25) is 5.91 Å². The summed E-state index contributed by atoms with van der Waals surface area (Å²) in [6, 6.07) is 5.81. The van der Waals surface area contributed by atoms with Crippen LogP contribution in [-0.4, -0.2) is 22.4 Å². The summed E-state index contributed by atoms with van der Waals surface area (Å²) in [4.78, 5) is 19.0. The Kier molecular flexibility index (Phi) is 3.23. The smallest absolute Gasteiger partial charge is 0.224 e. The molecule has 4 heteroatoms. The molecule has 1 aromatic heterocycles. The van der Waals surface area contributed by atoms with E-state index >= 15 is 0 Å². The van der Waals surface area contributed by atoms with Gasteiger partial charge in [0.05, 0.1) is 17.5 Å². The van der Waals surface area contributed by atoms with E-state index in [0.29, 0.717) is 13.0 Å². The van der Waals surface area contributed by atoms with Gasteiger partial charge in [0.15, 0.2) is 0 Å². The van der Waals surface area contributed by atoms with E-state index < -0.39 is 0 Å². The van der Waals surface area contributed by atoms with Crippen molar-refractivity contribution >= 4 is 16.9 Å². The van der Waals surface area contributed by atoms with Gasteiger partial charge in [0, 0.05) is 6.54 Å². The van der Waals surface area contributed by atoms with Gasteiger partial charge >= 0.3 is 0 Å². The van der Waals surface area contributed by atoms with E-state index in [1.165, 1.54) is 0 Å². The lowest BCUT2D eigenvalue weighted by molar-refractivity contribution is -0.120. The summed E-state index contributed by atoms with van der Waals surface area (Å²) in [5.41, 5.74) is 2.87. The number of carbonyl (C=O) groups is 1. The van der Waals surface area contributed by atoms with Gasteiger partial charge < -0.3 is 10.3 Å². The van der Waals surface area contributed by atoms with Crippen molar-refractivity contribution in [1.29, 1.82) is 0 Å². The molecule has 17 heavy (non-hydrogen) atoms. The number of nitrogens with one attached hydrogen (secondary N) is 2. The molecule has 0 atom stereocenters. The Balaban J connectivity index is 2.13. The van der Waals surface area contributed by atoms with Crippen molar-refractivity contribution in [2.45, 2.75) is 13.3 Å². The van der Waals surface area contributed by atoms with Crippen LogP contribution in [0.4, 0.5) is 0 Å². The first-order chi connectivity index (χ1) is 8.19. The molecule has 4 nitrogen and oxygen atoms in total. The van der Waals surface area contributed by atoms with Crippen LogP contribution in [0.5, 0.6) is 0 Å². The summed E-state index contributed by atoms with van der Waals surface area (Å²) in [6.45, 7) is 5.97. The average Bonchev–Trinajstić information content (AvgIpc) is 2.65. The largest absolute Gasteiger partial charge is 0.352 e. The van der Waals surface area contributed by atoms with Crippen LogP contribution in [0.1, 0.15) is 11.4 Å². The van der Waals surface area contributed by atoms with E-state index in [2.05, 4.69) is 21.9 Å². The minimum atomic E-state index is 0.000451. The number of imidazole rings is 1. The molecule has 0 fully saturated rings. The Bertz CT molecular complexity index is 557. The number of hydrogen-bond donors (Lipinski definition) is 2. The van der Waals surface area contributed by atoms with Gasteiger partial charge in [-0.1, -0.05) is 12.1 Å². The van der Waals surface area contributed by atoms with Gasteiger partial charge in [-0.25, -0.2) is 4.98 Å². The van der Waals surface area contributed by atoms with Crippen LogP contribution >= 0.6 is 0 Å². The highest BCUT2D eigenvalue weighted by Crippen LogP contribution is 2.13. The molecule has 2 N–H and O–H groups in total. The molecule has 2 aromatic rings. The summed E-state index contributed by atoms with van der Waals surface area (Å²) in [5, 5.41) is 2.75. The number of rotatable bonds is 4. The Morgan fingerprint density at radius 1 is 1.59 bits per heavy atom. The molecule has 0 aliphatic heterocycles. The van der Waals surface area contributed by atoms with Crippen molar-refractivity contribution in [1.82, 2.24) is 15.3 Å². The molecular weight excluding hydrogens is 214 g/mol.